The minimum atomic E-state index is -0.392. The number of hydrogen-bond donors (Lipinski definition) is 1. The lowest BCUT2D eigenvalue weighted by atomic mass is 10.2. The van der Waals surface area contributed by atoms with Crippen molar-refractivity contribution in [2.45, 2.75) is 0 Å². The van der Waals surface area contributed by atoms with Crippen LogP contribution >= 0.6 is 15.9 Å². The fraction of sp³-hybridized carbons (Fsp3) is 0.0714. The lowest BCUT2D eigenvalue weighted by Gasteiger charge is -2.09. The first kappa shape index (κ1) is 12.9. The minimum absolute atomic E-state index is 0.231. The molecule has 6 heteroatoms. The van der Waals surface area contributed by atoms with Crippen LogP contribution in [0.25, 0.3) is 16.7 Å². The average molecular weight is 336 g/mol. The Kier molecular flexibility index (Phi) is 3.10. The molecule has 0 aliphatic rings. The Morgan fingerprint density at radius 2 is 2.10 bits per heavy atom. The molecule has 20 heavy (non-hydrogen) atoms. The molecule has 0 fully saturated rings. The number of benzene rings is 2. The Labute approximate surface area is 123 Å². The van der Waals surface area contributed by atoms with Gasteiger partial charge in [-0.3, -0.25) is 4.57 Å². The van der Waals surface area contributed by atoms with Gasteiger partial charge in [-0.15, -0.1) is 0 Å². The van der Waals surface area contributed by atoms with Gasteiger partial charge in [-0.25, -0.2) is 9.37 Å². The number of aromatic nitrogens is 2. The summed E-state index contributed by atoms with van der Waals surface area (Å²) in [4.78, 5) is 4.08. The molecule has 2 aromatic carbocycles. The van der Waals surface area contributed by atoms with Crippen molar-refractivity contribution in [3.8, 4) is 11.4 Å². The molecule has 0 aliphatic heterocycles. The molecular weight excluding hydrogens is 325 g/mol. The molecule has 4 nitrogen and oxygen atoms in total. The van der Waals surface area contributed by atoms with Crippen molar-refractivity contribution in [3.05, 3.63) is 46.7 Å². The molecule has 0 amide bonds. The van der Waals surface area contributed by atoms with Crippen molar-refractivity contribution in [2.24, 2.45) is 0 Å². The Morgan fingerprint density at radius 1 is 1.30 bits per heavy atom. The van der Waals surface area contributed by atoms with Crippen LogP contribution in [0.15, 0.2) is 40.9 Å². The summed E-state index contributed by atoms with van der Waals surface area (Å²) in [6, 6.07) is 10.3. The molecule has 0 saturated carbocycles. The Balaban J connectivity index is 2.29. The third-order valence-corrected chi connectivity index (χ3v) is 3.71. The molecule has 0 aliphatic carbocycles. The van der Waals surface area contributed by atoms with Crippen LogP contribution in [0.4, 0.5) is 10.3 Å². The number of imidazole rings is 1. The van der Waals surface area contributed by atoms with Gasteiger partial charge in [0.1, 0.15) is 11.3 Å². The monoisotopic (exact) mass is 335 g/mol. The van der Waals surface area contributed by atoms with Crippen LogP contribution in [0.5, 0.6) is 5.75 Å². The predicted octanol–water partition coefficient (Wildman–Crippen LogP) is 3.52. The highest BCUT2D eigenvalue weighted by molar-refractivity contribution is 9.10. The second-order valence-corrected chi connectivity index (χ2v) is 5.09. The smallest absolute Gasteiger partial charge is 0.206 e. The van der Waals surface area contributed by atoms with E-state index in [1.807, 2.05) is 18.2 Å². The highest BCUT2D eigenvalue weighted by atomic mass is 79.9. The van der Waals surface area contributed by atoms with Gasteiger partial charge in [0.15, 0.2) is 5.82 Å². The van der Waals surface area contributed by atoms with Crippen molar-refractivity contribution in [1.29, 1.82) is 0 Å². The number of fused-ring (bicyclic) bond motifs is 1. The number of nitrogens with zero attached hydrogens (tertiary/aromatic N) is 2. The van der Waals surface area contributed by atoms with Crippen LogP contribution < -0.4 is 10.5 Å². The van der Waals surface area contributed by atoms with Crippen LogP contribution in [0, 0.1) is 5.82 Å². The number of hydrogen-bond acceptors (Lipinski definition) is 3. The van der Waals surface area contributed by atoms with Gasteiger partial charge in [-0.2, -0.15) is 0 Å². The van der Waals surface area contributed by atoms with Gasteiger partial charge in [0.2, 0.25) is 5.95 Å². The second-order valence-electron chi connectivity index (χ2n) is 4.23. The van der Waals surface area contributed by atoms with E-state index < -0.39 is 5.82 Å². The van der Waals surface area contributed by atoms with Crippen LogP contribution in [-0.2, 0) is 0 Å². The molecule has 2 N–H and O–H groups in total. The highest BCUT2D eigenvalue weighted by Crippen LogP contribution is 2.30. The Bertz CT molecular complexity index is 800. The van der Waals surface area contributed by atoms with Crippen molar-refractivity contribution >= 4 is 32.9 Å². The molecule has 1 aromatic heterocycles. The number of rotatable bonds is 2. The highest BCUT2D eigenvalue weighted by Gasteiger charge is 2.14. The molecule has 0 bridgehead atoms. The summed E-state index contributed by atoms with van der Waals surface area (Å²) in [5, 5.41) is 0. The Hall–Kier alpha value is -2.08. The van der Waals surface area contributed by atoms with Gasteiger partial charge in [-0.05, 0) is 40.2 Å². The van der Waals surface area contributed by atoms with E-state index in [-0.39, 0.29) is 11.5 Å². The maximum Gasteiger partial charge on any atom is 0.206 e. The van der Waals surface area contributed by atoms with Crippen LogP contribution in [0.1, 0.15) is 0 Å². The second kappa shape index (κ2) is 4.79. The van der Waals surface area contributed by atoms with Gasteiger partial charge in [-0.1, -0.05) is 6.07 Å². The number of anilines is 1. The summed E-state index contributed by atoms with van der Waals surface area (Å²) in [6.07, 6.45) is 0. The number of para-hydroxylation sites is 1. The van der Waals surface area contributed by atoms with Crippen LogP contribution in [0.3, 0.4) is 0 Å². The molecule has 1 heterocycles. The van der Waals surface area contributed by atoms with Gasteiger partial charge in [0.25, 0.3) is 0 Å². The SMILES string of the molecule is COc1cc(-n2c(N)nc3c(F)cccc32)ccc1Br. The molecular formula is C14H11BrFN3O. The van der Waals surface area contributed by atoms with E-state index in [9.17, 15) is 4.39 Å². The minimum Gasteiger partial charge on any atom is -0.495 e. The first-order valence-corrected chi connectivity index (χ1v) is 6.67. The third-order valence-electron chi connectivity index (χ3n) is 3.05. The predicted molar refractivity (Wildman–Crippen MR) is 79.7 cm³/mol. The van der Waals surface area contributed by atoms with Gasteiger partial charge < -0.3 is 10.5 Å². The molecule has 0 spiro atoms. The quantitative estimate of drug-likeness (QED) is 0.779. The van der Waals surface area contributed by atoms with E-state index in [1.54, 1.807) is 23.8 Å². The Morgan fingerprint density at radius 3 is 2.85 bits per heavy atom. The lowest BCUT2D eigenvalue weighted by molar-refractivity contribution is 0.412. The number of methoxy groups -OCH3 is 1. The first-order valence-electron chi connectivity index (χ1n) is 5.88. The topological polar surface area (TPSA) is 53.1 Å². The number of nitrogen functional groups attached to an aromatic ring is 1. The van der Waals surface area contributed by atoms with Gasteiger partial charge >= 0.3 is 0 Å². The summed E-state index contributed by atoms with van der Waals surface area (Å²) in [5.74, 6) is 0.506. The number of halogens is 2. The fourth-order valence-electron chi connectivity index (χ4n) is 2.14. The first-order chi connectivity index (χ1) is 9.61. The number of ether oxygens (including phenoxy) is 1. The van der Waals surface area contributed by atoms with Crippen molar-refractivity contribution < 1.29 is 9.13 Å². The molecule has 102 valence electrons. The standard InChI is InChI=1S/C14H11BrFN3O/c1-20-12-7-8(5-6-9(12)15)19-11-4-2-3-10(16)13(11)18-14(19)17/h2-7H,1H3,(H2,17,18). The molecule has 0 unspecified atom stereocenters. The van der Waals surface area contributed by atoms with E-state index in [2.05, 4.69) is 20.9 Å². The summed E-state index contributed by atoms with van der Waals surface area (Å²) in [5.41, 5.74) is 7.55. The molecule has 3 rings (SSSR count). The van der Waals surface area contributed by atoms with Gasteiger partial charge in [0.05, 0.1) is 22.8 Å². The molecule has 0 radical (unpaired) electrons. The zero-order valence-electron chi connectivity index (χ0n) is 10.6. The summed E-state index contributed by atoms with van der Waals surface area (Å²) >= 11 is 3.39. The maximum absolute atomic E-state index is 13.7. The summed E-state index contributed by atoms with van der Waals surface area (Å²) < 4.78 is 21.5. The average Bonchev–Trinajstić information content (AvgIpc) is 2.77. The zero-order chi connectivity index (χ0) is 14.3. The maximum atomic E-state index is 13.7. The third kappa shape index (κ3) is 1.92. The van der Waals surface area contributed by atoms with E-state index in [0.717, 1.165) is 10.2 Å². The summed E-state index contributed by atoms with van der Waals surface area (Å²) in [7, 11) is 1.58. The van der Waals surface area contributed by atoms with Crippen LogP contribution in [-0.4, -0.2) is 16.7 Å². The largest absolute Gasteiger partial charge is 0.495 e. The number of nitrogens with two attached hydrogens (primary N) is 1. The van der Waals surface area contributed by atoms with Crippen LogP contribution in [0.2, 0.25) is 0 Å². The lowest BCUT2D eigenvalue weighted by Crippen LogP contribution is -2.01. The summed E-state index contributed by atoms with van der Waals surface area (Å²) in [6.45, 7) is 0. The molecule has 0 saturated heterocycles. The van der Waals surface area contributed by atoms with E-state index in [0.29, 0.717) is 11.3 Å². The zero-order valence-corrected chi connectivity index (χ0v) is 12.2. The molecule has 0 atom stereocenters. The van der Waals surface area contributed by atoms with Crippen molar-refractivity contribution in [1.82, 2.24) is 9.55 Å². The normalized spacial score (nSPS) is 10.9. The molecule has 3 aromatic rings. The van der Waals surface area contributed by atoms with Crippen molar-refractivity contribution in [2.75, 3.05) is 12.8 Å². The van der Waals surface area contributed by atoms with E-state index >= 15 is 0 Å². The van der Waals surface area contributed by atoms with E-state index in [4.69, 9.17) is 10.5 Å². The van der Waals surface area contributed by atoms with Gasteiger partial charge in [0, 0.05) is 6.07 Å². The van der Waals surface area contributed by atoms with Crippen molar-refractivity contribution in [3.63, 3.8) is 0 Å². The van der Waals surface area contributed by atoms with E-state index in [1.165, 1.54) is 6.07 Å². The fourth-order valence-corrected chi connectivity index (χ4v) is 2.55.